The third-order valence-electron chi connectivity index (χ3n) is 13.5. The van der Waals surface area contributed by atoms with Crippen LogP contribution in [0, 0.1) is 0 Å². The predicted molar refractivity (Wildman–Crippen MR) is 296 cm³/mol. The zero-order chi connectivity index (χ0) is 46.4. The van der Waals surface area contributed by atoms with Crippen LogP contribution in [-0.4, -0.2) is 0 Å². The summed E-state index contributed by atoms with van der Waals surface area (Å²) in [4.78, 5) is 7.21. The quantitative estimate of drug-likeness (QED) is 0.136. The lowest BCUT2D eigenvalue weighted by atomic mass is 10.0. The fourth-order valence-corrected chi connectivity index (χ4v) is 10.2. The molecule has 330 valence electrons. The van der Waals surface area contributed by atoms with Gasteiger partial charge in [-0.15, -0.1) is 0 Å². The Labute approximate surface area is 406 Å². The molecule has 0 aliphatic heterocycles. The maximum atomic E-state index is 6.22. The number of rotatable bonds is 10. The van der Waals surface area contributed by atoms with E-state index in [0.29, 0.717) is 0 Å². The lowest BCUT2D eigenvalue weighted by Gasteiger charge is -2.33. The first kappa shape index (κ1) is 40.9. The molecule has 0 fully saturated rings. The van der Waals surface area contributed by atoms with Gasteiger partial charge in [0.15, 0.2) is 0 Å². The molecule has 1 aromatic heterocycles. The van der Waals surface area contributed by atoms with Crippen molar-refractivity contribution < 1.29 is 4.42 Å². The van der Waals surface area contributed by atoms with Gasteiger partial charge in [-0.3, -0.25) is 0 Å². The van der Waals surface area contributed by atoms with Gasteiger partial charge in [-0.2, -0.15) is 0 Å². The van der Waals surface area contributed by atoms with Crippen molar-refractivity contribution in [1.82, 2.24) is 0 Å². The Bertz CT molecular complexity index is 3880. The summed E-state index contributed by atoms with van der Waals surface area (Å²) in [6.45, 7) is 0. The van der Waals surface area contributed by atoms with Gasteiger partial charge in [0.1, 0.15) is 11.2 Å². The number of para-hydroxylation sites is 3. The van der Waals surface area contributed by atoms with Gasteiger partial charge in [-0.25, -0.2) is 0 Å². The van der Waals surface area contributed by atoms with Crippen molar-refractivity contribution in [2.24, 2.45) is 0 Å². The molecule has 0 bridgehead atoms. The van der Waals surface area contributed by atoms with Gasteiger partial charge in [0, 0.05) is 44.6 Å². The van der Waals surface area contributed by atoms with E-state index in [-0.39, 0.29) is 0 Å². The Balaban J connectivity index is 1.06. The van der Waals surface area contributed by atoms with Crippen LogP contribution in [0.4, 0.5) is 51.2 Å². The van der Waals surface area contributed by atoms with Crippen LogP contribution in [0.2, 0.25) is 0 Å². The van der Waals surface area contributed by atoms with Crippen molar-refractivity contribution in [3.8, 4) is 11.1 Å². The van der Waals surface area contributed by atoms with Crippen molar-refractivity contribution in [1.29, 1.82) is 0 Å². The van der Waals surface area contributed by atoms with Gasteiger partial charge >= 0.3 is 0 Å². The van der Waals surface area contributed by atoms with E-state index in [1.165, 1.54) is 26.9 Å². The van der Waals surface area contributed by atoms with E-state index in [9.17, 15) is 0 Å². The zero-order valence-electron chi connectivity index (χ0n) is 38.2. The van der Waals surface area contributed by atoms with Gasteiger partial charge in [0.2, 0.25) is 0 Å². The monoisotopic (exact) mass is 895 g/mol. The van der Waals surface area contributed by atoms with Crippen molar-refractivity contribution in [2.45, 2.75) is 0 Å². The first-order chi connectivity index (χ1) is 34.7. The van der Waals surface area contributed by atoms with E-state index >= 15 is 0 Å². The maximum absolute atomic E-state index is 6.22. The molecule has 70 heavy (non-hydrogen) atoms. The van der Waals surface area contributed by atoms with Crippen molar-refractivity contribution in [2.75, 3.05) is 14.7 Å². The Morgan fingerprint density at radius 1 is 0.214 bits per heavy atom. The molecule has 0 saturated heterocycles. The van der Waals surface area contributed by atoms with Crippen molar-refractivity contribution in [3.63, 3.8) is 0 Å². The molecule has 0 N–H and O–H groups in total. The van der Waals surface area contributed by atoms with E-state index < -0.39 is 0 Å². The zero-order valence-corrected chi connectivity index (χ0v) is 38.2. The van der Waals surface area contributed by atoms with E-state index in [4.69, 9.17) is 4.42 Å². The van der Waals surface area contributed by atoms with E-state index in [0.717, 1.165) is 89.6 Å². The molecule has 0 saturated carbocycles. The summed E-state index contributed by atoms with van der Waals surface area (Å²) < 4.78 is 6.22. The van der Waals surface area contributed by atoms with Gasteiger partial charge in [-0.1, -0.05) is 170 Å². The predicted octanol–water partition coefficient (Wildman–Crippen LogP) is 19.1. The number of hydrogen-bond acceptors (Lipinski definition) is 4. The SMILES string of the molecule is c1ccc(N(c2cc(N(c3ccccc3)c3ccc4ccccc4c3)cc(N(c3ccc(-c4ccc5oc6ccccc6c5c4)cc3)c3cccc4ccccc34)c2)c2ccc3ccccc3c2)cc1. The molecule has 0 radical (unpaired) electrons. The average Bonchev–Trinajstić information content (AvgIpc) is 3.80. The Kier molecular flexibility index (Phi) is 10.1. The third kappa shape index (κ3) is 7.45. The van der Waals surface area contributed by atoms with Crippen LogP contribution < -0.4 is 14.7 Å². The summed E-state index contributed by atoms with van der Waals surface area (Å²) in [5.74, 6) is 0. The van der Waals surface area contributed by atoms with Gasteiger partial charge in [0.25, 0.3) is 0 Å². The smallest absolute Gasteiger partial charge is 0.135 e. The molecule has 0 atom stereocenters. The number of benzene rings is 12. The van der Waals surface area contributed by atoms with E-state index in [1.807, 2.05) is 12.1 Å². The van der Waals surface area contributed by atoms with E-state index in [1.54, 1.807) is 0 Å². The van der Waals surface area contributed by atoms with E-state index in [2.05, 4.69) is 276 Å². The number of furan rings is 1. The van der Waals surface area contributed by atoms with Crippen LogP contribution >= 0.6 is 0 Å². The first-order valence-electron chi connectivity index (χ1n) is 23.8. The molecular weight excluding hydrogens is 851 g/mol. The first-order valence-corrected chi connectivity index (χ1v) is 23.8. The highest BCUT2D eigenvalue weighted by Crippen LogP contribution is 2.48. The van der Waals surface area contributed by atoms with Crippen LogP contribution in [0.1, 0.15) is 0 Å². The highest BCUT2D eigenvalue weighted by molar-refractivity contribution is 6.06. The molecule has 4 heteroatoms. The molecule has 0 amide bonds. The minimum absolute atomic E-state index is 0.890. The number of nitrogens with zero attached hydrogens (tertiary/aromatic N) is 3. The van der Waals surface area contributed by atoms with Crippen LogP contribution in [0.15, 0.2) is 277 Å². The largest absolute Gasteiger partial charge is 0.456 e. The lowest BCUT2D eigenvalue weighted by molar-refractivity contribution is 0.669. The minimum atomic E-state index is 0.890. The number of hydrogen-bond donors (Lipinski definition) is 0. The molecule has 4 nitrogen and oxygen atoms in total. The number of fused-ring (bicyclic) bond motifs is 6. The fraction of sp³-hybridized carbons (Fsp3) is 0. The van der Waals surface area contributed by atoms with Crippen LogP contribution in [0.5, 0.6) is 0 Å². The Morgan fingerprint density at radius 2 is 0.657 bits per heavy atom. The fourth-order valence-electron chi connectivity index (χ4n) is 10.2. The van der Waals surface area contributed by atoms with Gasteiger partial charge < -0.3 is 19.1 Å². The van der Waals surface area contributed by atoms with Crippen LogP contribution in [0.25, 0.3) is 65.4 Å². The number of anilines is 9. The summed E-state index contributed by atoms with van der Waals surface area (Å²) in [7, 11) is 0. The summed E-state index contributed by atoms with van der Waals surface area (Å²) in [6, 6.07) is 98.3. The molecule has 13 aromatic rings. The lowest BCUT2D eigenvalue weighted by Crippen LogP contribution is -2.16. The summed E-state index contributed by atoms with van der Waals surface area (Å²) in [6.07, 6.45) is 0. The van der Waals surface area contributed by atoms with Crippen LogP contribution in [0.3, 0.4) is 0 Å². The topological polar surface area (TPSA) is 22.9 Å². The van der Waals surface area contributed by atoms with Gasteiger partial charge in [0.05, 0.1) is 22.7 Å². The maximum Gasteiger partial charge on any atom is 0.135 e. The average molecular weight is 896 g/mol. The molecular formula is C66H45N3O. The minimum Gasteiger partial charge on any atom is -0.456 e. The Hall–Kier alpha value is -9.38. The second kappa shape index (κ2) is 17.4. The molecule has 1 heterocycles. The summed E-state index contributed by atoms with van der Waals surface area (Å²) in [5, 5.41) is 9.31. The summed E-state index contributed by atoms with van der Waals surface area (Å²) in [5.41, 5.74) is 13.4. The molecule has 0 aliphatic carbocycles. The second-order valence-electron chi connectivity index (χ2n) is 17.8. The molecule has 12 aromatic carbocycles. The standard InChI is InChI=1S/C66H45N3O/c1-3-22-53(23-4-1)67(56-37-32-46-16-7-9-19-50(46)40-56)58-43-59(68(54-24-5-2-6-25-54)57-38-33-47-17-8-10-20-51(47)41-57)45-60(44-58)69(64-28-15-21-49-18-11-12-26-61(49)64)55-35-30-48(31-36-55)52-34-39-66-63(42-52)62-27-13-14-29-65(62)70-66/h1-45H. The van der Waals surface area contributed by atoms with Crippen molar-refractivity contribution in [3.05, 3.63) is 273 Å². The second-order valence-corrected chi connectivity index (χ2v) is 17.8. The van der Waals surface area contributed by atoms with Crippen LogP contribution in [-0.2, 0) is 0 Å². The molecule has 13 rings (SSSR count). The third-order valence-corrected chi connectivity index (χ3v) is 13.5. The highest BCUT2D eigenvalue weighted by atomic mass is 16.3. The highest BCUT2D eigenvalue weighted by Gasteiger charge is 2.24. The normalized spacial score (nSPS) is 11.4. The van der Waals surface area contributed by atoms with Crippen molar-refractivity contribution >= 4 is 105 Å². The molecule has 0 aliphatic rings. The van der Waals surface area contributed by atoms with Gasteiger partial charge in [-0.05, 0) is 141 Å². The molecule has 0 unspecified atom stereocenters. The molecule has 0 spiro atoms. The summed E-state index contributed by atoms with van der Waals surface area (Å²) >= 11 is 0. The Morgan fingerprint density at radius 3 is 1.27 bits per heavy atom.